The monoisotopic (exact) mass is 342 g/mol. The Bertz CT molecular complexity index is 770. The molecule has 130 valence electrons. The van der Waals surface area contributed by atoms with Gasteiger partial charge in [0.1, 0.15) is 11.5 Å². The molecular formula is C19H19FN2O3. The second-order valence-electron chi connectivity index (χ2n) is 6.24. The van der Waals surface area contributed by atoms with Gasteiger partial charge < -0.3 is 10.0 Å². The number of benzene rings is 1. The molecule has 1 aliphatic carbocycles. The van der Waals surface area contributed by atoms with E-state index in [-0.39, 0.29) is 29.0 Å². The number of halogens is 1. The van der Waals surface area contributed by atoms with E-state index in [2.05, 4.69) is 4.98 Å². The number of pyridine rings is 1. The van der Waals surface area contributed by atoms with Crippen LogP contribution >= 0.6 is 0 Å². The Morgan fingerprint density at radius 2 is 1.96 bits per heavy atom. The Morgan fingerprint density at radius 3 is 2.56 bits per heavy atom. The molecule has 5 nitrogen and oxygen atoms in total. The molecule has 1 aliphatic rings. The molecule has 1 aromatic heterocycles. The van der Waals surface area contributed by atoms with Crippen LogP contribution in [-0.2, 0) is 6.54 Å². The summed E-state index contributed by atoms with van der Waals surface area (Å²) in [6.07, 6.45) is 5.12. The summed E-state index contributed by atoms with van der Waals surface area (Å²) in [7, 11) is 0. The van der Waals surface area contributed by atoms with Crippen LogP contribution in [0.2, 0.25) is 0 Å². The van der Waals surface area contributed by atoms with E-state index in [0.29, 0.717) is 6.54 Å². The summed E-state index contributed by atoms with van der Waals surface area (Å²) in [6.45, 7) is 0.309. The molecule has 0 atom stereocenters. The van der Waals surface area contributed by atoms with Crippen LogP contribution in [0.4, 0.5) is 4.39 Å². The largest absolute Gasteiger partial charge is 0.478 e. The van der Waals surface area contributed by atoms with E-state index in [9.17, 15) is 14.0 Å². The molecule has 1 N–H and O–H groups in total. The van der Waals surface area contributed by atoms with E-state index in [1.807, 2.05) is 0 Å². The van der Waals surface area contributed by atoms with Crippen molar-refractivity contribution < 1.29 is 19.1 Å². The maximum atomic E-state index is 13.5. The van der Waals surface area contributed by atoms with Gasteiger partial charge in [-0.05, 0) is 42.7 Å². The number of carbonyl (C=O) groups is 2. The first kappa shape index (κ1) is 17.1. The molecule has 0 bridgehead atoms. The van der Waals surface area contributed by atoms with Gasteiger partial charge in [-0.1, -0.05) is 25.0 Å². The molecule has 0 radical (unpaired) electrons. The van der Waals surface area contributed by atoms with Gasteiger partial charge in [-0.25, -0.2) is 9.18 Å². The highest BCUT2D eigenvalue weighted by atomic mass is 19.1. The first-order valence-corrected chi connectivity index (χ1v) is 8.29. The number of carboxylic acids is 1. The lowest BCUT2D eigenvalue weighted by Crippen LogP contribution is -2.38. The van der Waals surface area contributed by atoms with Gasteiger partial charge in [-0.3, -0.25) is 9.78 Å². The summed E-state index contributed by atoms with van der Waals surface area (Å²) < 4.78 is 13.5. The Hall–Kier alpha value is -2.76. The number of nitrogens with zero attached hydrogens (tertiary/aromatic N) is 2. The quantitative estimate of drug-likeness (QED) is 0.903. The van der Waals surface area contributed by atoms with Gasteiger partial charge in [0.05, 0.1) is 5.56 Å². The predicted octanol–water partition coefficient (Wildman–Crippen LogP) is 3.50. The zero-order valence-electron chi connectivity index (χ0n) is 13.7. The number of hydrogen-bond donors (Lipinski definition) is 1. The molecule has 1 heterocycles. The van der Waals surface area contributed by atoms with Crippen molar-refractivity contribution >= 4 is 11.9 Å². The van der Waals surface area contributed by atoms with Gasteiger partial charge >= 0.3 is 5.97 Å². The molecule has 2 aromatic rings. The fraction of sp³-hybridized carbons (Fsp3) is 0.316. The summed E-state index contributed by atoms with van der Waals surface area (Å²) in [5.74, 6) is -1.67. The first-order valence-electron chi connectivity index (χ1n) is 8.29. The topological polar surface area (TPSA) is 70.5 Å². The standard InChI is InChI=1S/C19H19FN2O3/c20-15-5-3-4-13(10-15)12-22(16-6-1-2-7-16)18(23)17-9-8-14(11-21-17)19(24)25/h3-5,8-11,16H,1-2,6-7,12H2,(H,24,25). The van der Waals surface area contributed by atoms with Crippen molar-refractivity contribution in [3.05, 3.63) is 65.2 Å². The first-order chi connectivity index (χ1) is 12.0. The third kappa shape index (κ3) is 4.02. The fourth-order valence-corrected chi connectivity index (χ4v) is 3.21. The van der Waals surface area contributed by atoms with Crippen molar-refractivity contribution in [3.63, 3.8) is 0 Å². The number of aromatic carboxylic acids is 1. The van der Waals surface area contributed by atoms with E-state index >= 15 is 0 Å². The summed E-state index contributed by atoms with van der Waals surface area (Å²) in [4.78, 5) is 29.6. The van der Waals surface area contributed by atoms with Crippen molar-refractivity contribution in [2.75, 3.05) is 0 Å². The van der Waals surface area contributed by atoms with Crippen molar-refractivity contribution in [2.24, 2.45) is 0 Å². The van der Waals surface area contributed by atoms with Crippen molar-refractivity contribution in [2.45, 2.75) is 38.3 Å². The zero-order chi connectivity index (χ0) is 17.8. The zero-order valence-corrected chi connectivity index (χ0v) is 13.7. The fourth-order valence-electron chi connectivity index (χ4n) is 3.21. The molecule has 0 spiro atoms. The van der Waals surface area contributed by atoms with E-state index in [1.165, 1.54) is 30.5 Å². The van der Waals surface area contributed by atoms with Gasteiger partial charge in [-0.15, -0.1) is 0 Å². The van der Waals surface area contributed by atoms with Gasteiger partial charge in [-0.2, -0.15) is 0 Å². The lowest BCUT2D eigenvalue weighted by Gasteiger charge is -2.29. The minimum Gasteiger partial charge on any atom is -0.478 e. The average Bonchev–Trinajstić information content (AvgIpc) is 3.13. The Kier molecular flexibility index (Phi) is 5.07. The molecule has 1 saturated carbocycles. The van der Waals surface area contributed by atoms with Gasteiger partial charge in [0, 0.05) is 18.8 Å². The van der Waals surface area contributed by atoms with Crippen LogP contribution in [0.5, 0.6) is 0 Å². The smallest absolute Gasteiger partial charge is 0.337 e. The van der Waals surface area contributed by atoms with Gasteiger partial charge in [0.25, 0.3) is 5.91 Å². The molecule has 0 unspecified atom stereocenters. The molecule has 1 aromatic carbocycles. The Balaban J connectivity index is 1.85. The summed E-state index contributed by atoms with van der Waals surface area (Å²) in [5.41, 5.74) is 0.963. The highest BCUT2D eigenvalue weighted by Gasteiger charge is 2.28. The predicted molar refractivity (Wildman–Crippen MR) is 89.7 cm³/mol. The van der Waals surface area contributed by atoms with E-state index < -0.39 is 5.97 Å². The highest BCUT2D eigenvalue weighted by Crippen LogP contribution is 2.26. The Morgan fingerprint density at radius 1 is 1.20 bits per heavy atom. The lowest BCUT2D eigenvalue weighted by molar-refractivity contribution is 0.0653. The molecule has 1 fully saturated rings. The minimum atomic E-state index is -1.08. The summed E-state index contributed by atoms with van der Waals surface area (Å²) in [6, 6.07) is 9.11. The molecule has 3 rings (SSSR count). The third-order valence-corrected chi connectivity index (χ3v) is 4.50. The highest BCUT2D eigenvalue weighted by molar-refractivity contribution is 5.94. The van der Waals surface area contributed by atoms with E-state index in [1.54, 1.807) is 17.0 Å². The van der Waals surface area contributed by atoms with E-state index in [4.69, 9.17) is 5.11 Å². The average molecular weight is 342 g/mol. The second kappa shape index (κ2) is 7.42. The third-order valence-electron chi connectivity index (χ3n) is 4.50. The van der Waals surface area contributed by atoms with Crippen LogP contribution in [-0.4, -0.2) is 32.9 Å². The minimum absolute atomic E-state index is 0.0362. The SMILES string of the molecule is O=C(O)c1ccc(C(=O)N(Cc2cccc(F)c2)C2CCCC2)nc1. The number of carboxylic acid groups (broad SMARTS) is 1. The number of hydrogen-bond acceptors (Lipinski definition) is 3. The van der Waals surface area contributed by atoms with Crippen molar-refractivity contribution in [1.82, 2.24) is 9.88 Å². The summed E-state index contributed by atoms with van der Waals surface area (Å²) in [5, 5.41) is 8.95. The van der Waals surface area contributed by atoms with E-state index in [0.717, 1.165) is 31.2 Å². The van der Waals surface area contributed by atoms with Gasteiger partial charge in [0.15, 0.2) is 0 Å². The van der Waals surface area contributed by atoms with Crippen LogP contribution in [0, 0.1) is 5.82 Å². The number of carbonyl (C=O) groups excluding carboxylic acids is 1. The van der Waals surface area contributed by atoms with Crippen LogP contribution in [0.25, 0.3) is 0 Å². The lowest BCUT2D eigenvalue weighted by atomic mass is 10.1. The Labute approximate surface area is 145 Å². The molecule has 0 aliphatic heterocycles. The van der Waals surface area contributed by atoms with Gasteiger partial charge in [0.2, 0.25) is 0 Å². The number of aromatic nitrogens is 1. The van der Waals surface area contributed by atoms with Crippen LogP contribution in [0.3, 0.4) is 0 Å². The number of rotatable bonds is 5. The normalized spacial score (nSPS) is 14.4. The van der Waals surface area contributed by atoms with Crippen molar-refractivity contribution in [1.29, 1.82) is 0 Å². The van der Waals surface area contributed by atoms with Crippen LogP contribution in [0.15, 0.2) is 42.6 Å². The molecule has 0 saturated heterocycles. The molecular weight excluding hydrogens is 323 g/mol. The molecule has 25 heavy (non-hydrogen) atoms. The maximum absolute atomic E-state index is 13.5. The van der Waals surface area contributed by atoms with Crippen molar-refractivity contribution in [3.8, 4) is 0 Å². The molecule has 1 amide bonds. The number of amides is 1. The van der Waals surface area contributed by atoms with Crippen LogP contribution < -0.4 is 0 Å². The molecule has 6 heteroatoms. The summed E-state index contributed by atoms with van der Waals surface area (Å²) >= 11 is 0. The second-order valence-corrected chi connectivity index (χ2v) is 6.24. The van der Waals surface area contributed by atoms with Crippen LogP contribution in [0.1, 0.15) is 52.1 Å². The maximum Gasteiger partial charge on any atom is 0.337 e.